The van der Waals surface area contributed by atoms with Crippen molar-refractivity contribution < 1.29 is 17.9 Å². The summed E-state index contributed by atoms with van der Waals surface area (Å²) >= 11 is 0. The zero-order valence-corrected chi connectivity index (χ0v) is 15.3. The molecule has 7 heteroatoms. The average Bonchev–Trinajstić information content (AvgIpc) is 2.59. The zero-order chi connectivity index (χ0) is 18.4. The van der Waals surface area contributed by atoms with Gasteiger partial charge in [0.1, 0.15) is 12.3 Å². The van der Waals surface area contributed by atoms with Gasteiger partial charge in [0.05, 0.1) is 25.1 Å². The molecule has 2 aromatic carbocycles. The second-order valence-electron chi connectivity index (χ2n) is 5.67. The standard InChI is InChI=1S/C18H22N2O4S/c1-14(15-8-5-4-6-9-15)19-18(21)13-20(25(3,22)23)16-10-7-11-17(12-16)24-2/h4-12,14H,13H2,1-3H3,(H,19,21)/t14-/m0/s1. The quantitative estimate of drug-likeness (QED) is 0.820. The van der Waals surface area contributed by atoms with Gasteiger partial charge in [0.2, 0.25) is 15.9 Å². The number of anilines is 1. The first-order valence-electron chi connectivity index (χ1n) is 7.77. The van der Waals surface area contributed by atoms with Gasteiger partial charge in [-0.25, -0.2) is 8.42 Å². The third-order valence-electron chi connectivity index (χ3n) is 3.71. The fraction of sp³-hybridized carbons (Fsp3) is 0.278. The maximum Gasteiger partial charge on any atom is 0.241 e. The Kier molecular flexibility index (Phi) is 6.03. The van der Waals surface area contributed by atoms with Crippen LogP contribution < -0.4 is 14.4 Å². The van der Waals surface area contributed by atoms with Gasteiger partial charge in [0.25, 0.3) is 0 Å². The van der Waals surface area contributed by atoms with Crippen molar-refractivity contribution in [3.05, 3.63) is 60.2 Å². The predicted molar refractivity (Wildman–Crippen MR) is 98.2 cm³/mol. The highest BCUT2D eigenvalue weighted by Crippen LogP contribution is 2.23. The number of carbonyl (C=O) groups excluding carboxylic acids is 1. The lowest BCUT2D eigenvalue weighted by Gasteiger charge is -2.23. The predicted octanol–water partition coefficient (Wildman–Crippen LogP) is 2.34. The Hall–Kier alpha value is -2.54. The molecule has 6 nitrogen and oxygen atoms in total. The first-order chi connectivity index (χ1) is 11.8. The molecule has 2 aromatic rings. The van der Waals surface area contributed by atoms with Gasteiger partial charge in [-0.1, -0.05) is 36.4 Å². The summed E-state index contributed by atoms with van der Waals surface area (Å²) in [5.41, 5.74) is 1.33. The number of hydrogen-bond donors (Lipinski definition) is 1. The highest BCUT2D eigenvalue weighted by Gasteiger charge is 2.22. The Labute approximate surface area is 148 Å². The Morgan fingerprint density at radius 2 is 1.84 bits per heavy atom. The summed E-state index contributed by atoms with van der Waals surface area (Å²) in [5, 5.41) is 2.82. The normalized spacial score (nSPS) is 12.3. The first kappa shape index (κ1) is 18.8. The molecular weight excluding hydrogens is 340 g/mol. The fourth-order valence-corrected chi connectivity index (χ4v) is 3.26. The Bertz CT molecular complexity index is 822. The largest absolute Gasteiger partial charge is 0.497 e. The van der Waals surface area contributed by atoms with E-state index in [4.69, 9.17) is 4.74 Å². The van der Waals surface area contributed by atoms with Gasteiger partial charge in [-0.3, -0.25) is 9.10 Å². The van der Waals surface area contributed by atoms with Crippen molar-refractivity contribution in [1.82, 2.24) is 5.32 Å². The number of ether oxygens (including phenoxy) is 1. The molecular formula is C18H22N2O4S. The zero-order valence-electron chi connectivity index (χ0n) is 14.5. The molecule has 1 amide bonds. The summed E-state index contributed by atoms with van der Waals surface area (Å²) in [4.78, 5) is 12.4. The van der Waals surface area contributed by atoms with Gasteiger partial charge in [-0.15, -0.1) is 0 Å². The number of methoxy groups -OCH3 is 1. The summed E-state index contributed by atoms with van der Waals surface area (Å²) in [5.74, 6) is 0.133. The number of hydrogen-bond acceptors (Lipinski definition) is 4. The number of benzene rings is 2. The van der Waals surface area contributed by atoms with E-state index < -0.39 is 10.0 Å². The van der Waals surface area contributed by atoms with Crippen molar-refractivity contribution in [3.63, 3.8) is 0 Å². The summed E-state index contributed by atoms with van der Waals surface area (Å²) in [6.07, 6.45) is 1.07. The third kappa shape index (κ3) is 5.22. The summed E-state index contributed by atoms with van der Waals surface area (Å²) in [7, 11) is -2.12. The van der Waals surface area contributed by atoms with Crippen LogP contribution in [0.1, 0.15) is 18.5 Å². The highest BCUT2D eigenvalue weighted by atomic mass is 32.2. The molecule has 0 aliphatic carbocycles. The van der Waals surface area contributed by atoms with Gasteiger partial charge in [0, 0.05) is 6.07 Å². The topological polar surface area (TPSA) is 75.7 Å². The Balaban J connectivity index is 2.16. The van der Waals surface area contributed by atoms with E-state index in [9.17, 15) is 13.2 Å². The number of amides is 1. The van der Waals surface area contributed by atoms with E-state index in [-0.39, 0.29) is 18.5 Å². The molecule has 2 rings (SSSR count). The monoisotopic (exact) mass is 362 g/mol. The molecule has 1 atom stereocenters. The van der Waals surface area contributed by atoms with Crippen LogP contribution in [0.15, 0.2) is 54.6 Å². The molecule has 0 saturated carbocycles. The van der Waals surface area contributed by atoms with Crippen LogP contribution in [-0.4, -0.2) is 34.2 Å². The maximum absolute atomic E-state index is 12.4. The lowest BCUT2D eigenvalue weighted by atomic mass is 10.1. The molecule has 0 spiro atoms. The lowest BCUT2D eigenvalue weighted by Crippen LogP contribution is -2.41. The van der Waals surface area contributed by atoms with E-state index in [1.54, 1.807) is 24.3 Å². The molecule has 0 heterocycles. The SMILES string of the molecule is COc1cccc(N(CC(=O)N[C@@H](C)c2ccccc2)S(C)(=O)=O)c1. The van der Waals surface area contributed by atoms with Gasteiger partial charge in [-0.2, -0.15) is 0 Å². The van der Waals surface area contributed by atoms with Gasteiger partial charge in [0.15, 0.2) is 0 Å². The Morgan fingerprint density at radius 3 is 2.44 bits per heavy atom. The second kappa shape index (κ2) is 8.02. The number of sulfonamides is 1. The number of nitrogens with one attached hydrogen (secondary N) is 1. The molecule has 1 N–H and O–H groups in total. The van der Waals surface area contributed by atoms with Crippen molar-refractivity contribution in [2.45, 2.75) is 13.0 Å². The van der Waals surface area contributed by atoms with Crippen molar-refractivity contribution in [3.8, 4) is 5.75 Å². The van der Waals surface area contributed by atoms with Crippen LogP contribution in [0.4, 0.5) is 5.69 Å². The van der Waals surface area contributed by atoms with E-state index >= 15 is 0 Å². The van der Waals surface area contributed by atoms with E-state index in [1.165, 1.54) is 7.11 Å². The van der Waals surface area contributed by atoms with Gasteiger partial charge in [-0.05, 0) is 24.6 Å². The summed E-state index contributed by atoms with van der Waals surface area (Å²) in [6.45, 7) is 1.55. The van der Waals surface area contributed by atoms with Crippen molar-refractivity contribution >= 4 is 21.6 Å². The van der Waals surface area contributed by atoms with E-state index in [0.717, 1.165) is 16.1 Å². The lowest BCUT2D eigenvalue weighted by molar-refractivity contribution is -0.120. The molecule has 134 valence electrons. The van der Waals surface area contributed by atoms with Crippen molar-refractivity contribution in [2.24, 2.45) is 0 Å². The number of carbonyl (C=O) groups is 1. The maximum atomic E-state index is 12.4. The van der Waals surface area contributed by atoms with Crippen LogP contribution in [-0.2, 0) is 14.8 Å². The van der Waals surface area contributed by atoms with E-state index in [2.05, 4.69) is 5.32 Å². The molecule has 0 radical (unpaired) electrons. The van der Waals surface area contributed by atoms with Gasteiger partial charge >= 0.3 is 0 Å². The van der Waals surface area contributed by atoms with Crippen LogP contribution >= 0.6 is 0 Å². The smallest absolute Gasteiger partial charge is 0.241 e. The number of rotatable bonds is 7. The van der Waals surface area contributed by atoms with E-state index in [0.29, 0.717) is 11.4 Å². The molecule has 0 aromatic heterocycles. The molecule has 0 bridgehead atoms. The highest BCUT2D eigenvalue weighted by molar-refractivity contribution is 7.92. The molecule has 25 heavy (non-hydrogen) atoms. The van der Waals surface area contributed by atoms with E-state index in [1.807, 2.05) is 37.3 Å². The van der Waals surface area contributed by atoms with Crippen LogP contribution in [0, 0.1) is 0 Å². The number of nitrogens with zero attached hydrogens (tertiary/aromatic N) is 1. The summed E-state index contributed by atoms with van der Waals surface area (Å²) in [6, 6.07) is 15.8. The van der Waals surface area contributed by atoms with Crippen LogP contribution in [0.5, 0.6) is 5.75 Å². The molecule has 0 fully saturated rings. The molecule has 0 saturated heterocycles. The molecule has 0 aliphatic heterocycles. The Morgan fingerprint density at radius 1 is 1.16 bits per heavy atom. The van der Waals surface area contributed by atoms with Crippen molar-refractivity contribution in [2.75, 3.05) is 24.2 Å². The second-order valence-corrected chi connectivity index (χ2v) is 7.58. The molecule has 0 unspecified atom stereocenters. The average molecular weight is 362 g/mol. The van der Waals surface area contributed by atoms with Gasteiger partial charge < -0.3 is 10.1 Å². The summed E-state index contributed by atoms with van der Waals surface area (Å²) < 4.78 is 30.4. The van der Waals surface area contributed by atoms with Crippen LogP contribution in [0.2, 0.25) is 0 Å². The van der Waals surface area contributed by atoms with Crippen molar-refractivity contribution in [1.29, 1.82) is 0 Å². The minimum atomic E-state index is -3.62. The van der Waals surface area contributed by atoms with Crippen LogP contribution in [0.3, 0.4) is 0 Å². The fourth-order valence-electron chi connectivity index (χ4n) is 2.41. The molecule has 0 aliphatic rings. The van der Waals surface area contributed by atoms with Crippen LogP contribution in [0.25, 0.3) is 0 Å². The minimum absolute atomic E-state index is 0.222. The first-order valence-corrected chi connectivity index (χ1v) is 9.62. The minimum Gasteiger partial charge on any atom is -0.497 e. The third-order valence-corrected chi connectivity index (χ3v) is 4.85.